The fourth-order valence-electron chi connectivity index (χ4n) is 5.43. The first-order chi connectivity index (χ1) is 20.0. The largest absolute Gasteiger partial charge is 0.507 e. The van der Waals surface area contributed by atoms with Crippen LogP contribution in [-0.4, -0.2) is 19.6 Å². The van der Waals surface area contributed by atoms with Crippen molar-refractivity contribution in [3.05, 3.63) is 120 Å². The highest BCUT2D eigenvalue weighted by atomic mass is 16.3. The Morgan fingerprint density at radius 1 is 0.619 bits per heavy atom. The van der Waals surface area contributed by atoms with Crippen LogP contribution in [0.4, 0.5) is 0 Å². The lowest BCUT2D eigenvalue weighted by Crippen LogP contribution is -2.12. The number of hydrogen-bond donors (Lipinski definition) is 1. The summed E-state index contributed by atoms with van der Waals surface area (Å²) >= 11 is 0. The highest BCUT2D eigenvalue weighted by Gasteiger charge is 2.22. The zero-order valence-corrected chi connectivity index (χ0v) is 25.2. The van der Waals surface area contributed by atoms with E-state index in [1.807, 2.05) is 42.6 Å². The fourth-order valence-corrected chi connectivity index (χ4v) is 5.43. The molecule has 0 saturated heterocycles. The average Bonchev–Trinajstić information content (AvgIpc) is 3.36. The molecule has 210 valence electrons. The van der Waals surface area contributed by atoms with Crippen molar-refractivity contribution < 1.29 is 5.11 Å². The molecular weight excluding hydrogens is 514 g/mol. The third-order valence-electron chi connectivity index (χ3n) is 7.88. The molecular formula is C38H37N3O. The molecule has 0 spiro atoms. The minimum Gasteiger partial charge on any atom is -0.507 e. The molecule has 0 atom stereocenters. The minimum absolute atomic E-state index is 0.0252. The molecule has 2 heterocycles. The summed E-state index contributed by atoms with van der Waals surface area (Å²) in [7, 11) is 0. The quantitative estimate of drug-likeness (QED) is 0.237. The molecule has 0 unspecified atom stereocenters. The van der Waals surface area contributed by atoms with Crippen LogP contribution in [-0.2, 0) is 10.8 Å². The van der Waals surface area contributed by atoms with Gasteiger partial charge in [-0.05, 0) is 82.1 Å². The summed E-state index contributed by atoms with van der Waals surface area (Å²) in [5, 5.41) is 10.9. The Balaban J connectivity index is 1.63. The number of para-hydroxylation sites is 3. The minimum atomic E-state index is -0.0648. The van der Waals surface area contributed by atoms with Gasteiger partial charge in [-0.1, -0.05) is 90.1 Å². The lowest BCUT2D eigenvalue weighted by atomic mass is 9.83. The third-order valence-corrected chi connectivity index (χ3v) is 7.88. The molecule has 0 aliphatic carbocycles. The van der Waals surface area contributed by atoms with Gasteiger partial charge in [0.05, 0.1) is 22.3 Å². The average molecular weight is 552 g/mol. The van der Waals surface area contributed by atoms with Crippen LogP contribution in [0.5, 0.6) is 5.75 Å². The monoisotopic (exact) mass is 551 g/mol. The SMILES string of the molecule is CC(C)(C)c1cc(-c2cc(C(C)(C)C)ccn2)cc(-c2cccc3c2nc(-c2ccccc2O)n3-c2ccccc2)c1. The second-order valence-electron chi connectivity index (χ2n) is 13.0. The standard InChI is InChI=1S/C38H37N3O/c1-37(2,3)27-19-20-39-32(24-27)26-21-25(22-28(23-26)38(4,5)6)30-16-12-17-33-35(30)40-36(31-15-10-11-18-34(31)42)41(33)29-13-8-7-9-14-29/h7-24,42H,1-6H3. The second kappa shape index (κ2) is 10.3. The van der Waals surface area contributed by atoms with Crippen molar-refractivity contribution >= 4 is 11.0 Å². The maximum atomic E-state index is 10.9. The van der Waals surface area contributed by atoms with Gasteiger partial charge in [0.1, 0.15) is 11.6 Å². The van der Waals surface area contributed by atoms with Crippen LogP contribution >= 0.6 is 0 Å². The first-order valence-electron chi connectivity index (χ1n) is 14.5. The Kier molecular flexibility index (Phi) is 6.73. The van der Waals surface area contributed by atoms with Gasteiger partial charge < -0.3 is 5.11 Å². The van der Waals surface area contributed by atoms with E-state index in [1.54, 1.807) is 6.07 Å². The zero-order valence-electron chi connectivity index (χ0n) is 25.2. The molecule has 4 nitrogen and oxygen atoms in total. The van der Waals surface area contributed by atoms with E-state index in [0.29, 0.717) is 11.4 Å². The number of pyridine rings is 1. The van der Waals surface area contributed by atoms with Crippen LogP contribution in [0, 0.1) is 0 Å². The van der Waals surface area contributed by atoms with Crippen molar-refractivity contribution in [2.45, 2.75) is 52.4 Å². The van der Waals surface area contributed by atoms with Crippen molar-refractivity contribution in [2.75, 3.05) is 0 Å². The summed E-state index contributed by atoms with van der Waals surface area (Å²) in [6, 6.07) is 35.1. The van der Waals surface area contributed by atoms with Gasteiger partial charge >= 0.3 is 0 Å². The Morgan fingerprint density at radius 3 is 2.00 bits per heavy atom. The van der Waals surface area contributed by atoms with Crippen LogP contribution in [0.3, 0.4) is 0 Å². The number of nitrogens with zero attached hydrogens (tertiary/aromatic N) is 3. The van der Waals surface area contributed by atoms with E-state index >= 15 is 0 Å². The smallest absolute Gasteiger partial charge is 0.149 e. The van der Waals surface area contributed by atoms with Gasteiger partial charge in [-0.15, -0.1) is 0 Å². The number of aromatic hydroxyl groups is 1. The number of benzene rings is 4. The highest BCUT2D eigenvalue weighted by Crippen LogP contribution is 2.39. The first-order valence-corrected chi connectivity index (χ1v) is 14.5. The number of hydrogen-bond acceptors (Lipinski definition) is 3. The van der Waals surface area contributed by atoms with E-state index < -0.39 is 0 Å². The molecule has 0 aliphatic rings. The summed E-state index contributed by atoms with van der Waals surface area (Å²) in [5.41, 5.74) is 10.2. The number of aromatic nitrogens is 3. The van der Waals surface area contributed by atoms with E-state index in [2.05, 4.69) is 107 Å². The molecule has 0 fully saturated rings. The second-order valence-corrected chi connectivity index (χ2v) is 13.0. The molecule has 0 bridgehead atoms. The zero-order chi connectivity index (χ0) is 29.6. The Morgan fingerprint density at radius 2 is 1.29 bits per heavy atom. The van der Waals surface area contributed by atoms with E-state index in [-0.39, 0.29) is 16.6 Å². The van der Waals surface area contributed by atoms with Crippen LogP contribution < -0.4 is 0 Å². The first kappa shape index (κ1) is 27.5. The number of phenols is 1. The lowest BCUT2D eigenvalue weighted by molar-refractivity contribution is 0.477. The molecule has 4 heteroatoms. The van der Waals surface area contributed by atoms with Gasteiger partial charge in [0, 0.05) is 23.0 Å². The maximum absolute atomic E-state index is 10.9. The molecule has 0 saturated carbocycles. The maximum Gasteiger partial charge on any atom is 0.149 e. The predicted molar refractivity (Wildman–Crippen MR) is 174 cm³/mol. The summed E-state index contributed by atoms with van der Waals surface area (Å²) < 4.78 is 2.14. The fraction of sp³-hybridized carbons (Fsp3) is 0.211. The van der Waals surface area contributed by atoms with Gasteiger partial charge in [0.15, 0.2) is 0 Å². The van der Waals surface area contributed by atoms with Crippen molar-refractivity contribution in [3.63, 3.8) is 0 Å². The number of fused-ring (bicyclic) bond motifs is 1. The number of phenolic OH excluding ortho intramolecular Hbond substituents is 1. The Hall–Kier alpha value is -4.70. The summed E-state index contributed by atoms with van der Waals surface area (Å²) in [6.07, 6.45) is 1.92. The van der Waals surface area contributed by atoms with Crippen LogP contribution in [0.25, 0.3) is 50.5 Å². The van der Waals surface area contributed by atoms with Crippen molar-refractivity contribution in [1.29, 1.82) is 0 Å². The van der Waals surface area contributed by atoms with E-state index in [0.717, 1.165) is 39.1 Å². The highest BCUT2D eigenvalue weighted by molar-refractivity contribution is 5.96. The summed E-state index contributed by atoms with van der Waals surface area (Å²) in [6.45, 7) is 13.4. The molecule has 6 rings (SSSR count). The van der Waals surface area contributed by atoms with E-state index in [9.17, 15) is 5.11 Å². The van der Waals surface area contributed by atoms with Crippen LogP contribution in [0.15, 0.2) is 109 Å². The lowest BCUT2D eigenvalue weighted by Gasteiger charge is -2.23. The molecule has 0 amide bonds. The van der Waals surface area contributed by atoms with E-state index in [4.69, 9.17) is 9.97 Å². The predicted octanol–water partition coefficient (Wildman–Crippen LogP) is 9.72. The van der Waals surface area contributed by atoms with Gasteiger partial charge in [-0.3, -0.25) is 9.55 Å². The van der Waals surface area contributed by atoms with Gasteiger partial charge in [0.25, 0.3) is 0 Å². The molecule has 4 aromatic carbocycles. The van der Waals surface area contributed by atoms with Gasteiger partial charge in [0.2, 0.25) is 0 Å². The van der Waals surface area contributed by atoms with Crippen molar-refractivity contribution in [1.82, 2.24) is 14.5 Å². The molecule has 0 radical (unpaired) electrons. The van der Waals surface area contributed by atoms with Gasteiger partial charge in [-0.25, -0.2) is 4.98 Å². The molecule has 1 N–H and O–H groups in total. The molecule has 2 aromatic heterocycles. The van der Waals surface area contributed by atoms with Crippen LogP contribution in [0.1, 0.15) is 52.7 Å². The van der Waals surface area contributed by atoms with Crippen LogP contribution in [0.2, 0.25) is 0 Å². The number of rotatable bonds is 4. The summed E-state index contributed by atoms with van der Waals surface area (Å²) in [5.74, 6) is 0.904. The Bertz CT molecular complexity index is 1900. The topological polar surface area (TPSA) is 50.9 Å². The summed E-state index contributed by atoms with van der Waals surface area (Å²) in [4.78, 5) is 10.0. The van der Waals surface area contributed by atoms with Gasteiger partial charge in [-0.2, -0.15) is 0 Å². The Labute approximate surface area is 248 Å². The molecule has 42 heavy (non-hydrogen) atoms. The van der Waals surface area contributed by atoms with E-state index in [1.165, 1.54) is 11.1 Å². The molecule has 0 aliphatic heterocycles. The third kappa shape index (κ3) is 5.09. The van der Waals surface area contributed by atoms with Crippen molar-refractivity contribution in [2.24, 2.45) is 0 Å². The van der Waals surface area contributed by atoms with Crippen molar-refractivity contribution in [3.8, 4) is 45.2 Å². The molecule has 6 aromatic rings. The number of imidazole rings is 1. The normalized spacial score (nSPS) is 12.1.